The number of pyridine rings is 1. The Hall–Kier alpha value is -1.10. The molecule has 120 valence electrons. The lowest BCUT2D eigenvalue weighted by Crippen LogP contribution is -2.40. The monoisotopic (exact) mass is 366 g/mol. The van der Waals surface area contributed by atoms with E-state index in [-0.39, 0.29) is 12.1 Å². The number of ether oxygens (including phenoxy) is 1. The van der Waals surface area contributed by atoms with Gasteiger partial charge in [-0.25, -0.2) is 4.79 Å². The minimum Gasteiger partial charge on any atom is -0.444 e. The van der Waals surface area contributed by atoms with E-state index >= 15 is 0 Å². The number of halogens is 1. The van der Waals surface area contributed by atoms with Crippen LogP contribution in [0, 0.1) is 5.92 Å². The van der Waals surface area contributed by atoms with Gasteiger partial charge in [0.05, 0.1) is 0 Å². The average Bonchev–Trinajstić information content (AvgIpc) is 3.28. The highest BCUT2D eigenvalue weighted by Gasteiger charge is 2.47. The summed E-state index contributed by atoms with van der Waals surface area (Å²) in [5, 5.41) is 0. The summed E-state index contributed by atoms with van der Waals surface area (Å²) < 4.78 is 6.59. The molecule has 0 saturated heterocycles. The molecule has 0 radical (unpaired) electrons. The molecule has 1 heterocycles. The summed E-state index contributed by atoms with van der Waals surface area (Å²) in [7, 11) is 0. The van der Waals surface area contributed by atoms with Crippen molar-refractivity contribution in [3.8, 4) is 0 Å². The Kier molecular flexibility index (Phi) is 4.19. The summed E-state index contributed by atoms with van der Waals surface area (Å²) in [4.78, 5) is 18.7. The van der Waals surface area contributed by atoms with E-state index in [1.807, 2.05) is 31.9 Å². The van der Waals surface area contributed by atoms with Crippen molar-refractivity contribution in [2.24, 2.45) is 5.92 Å². The van der Waals surface area contributed by atoms with Crippen molar-refractivity contribution in [3.63, 3.8) is 0 Å². The smallest absolute Gasteiger partial charge is 0.410 e. The highest BCUT2D eigenvalue weighted by molar-refractivity contribution is 9.10. The van der Waals surface area contributed by atoms with Gasteiger partial charge in [0.2, 0.25) is 0 Å². The summed E-state index contributed by atoms with van der Waals surface area (Å²) in [6.45, 7) is 6.59. The normalized spacial score (nSPS) is 24.0. The SMILES string of the molecule is CC(C)(C)OC(=O)N(CC1CC1)[C@H]1CC1c1cncc(Br)c1. The maximum absolute atomic E-state index is 12.5. The van der Waals surface area contributed by atoms with Crippen LogP contribution in [0.5, 0.6) is 0 Å². The van der Waals surface area contributed by atoms with E-state index in [1.54, 1.807) is 6.20 Å². The van der Waals surface area contributed by atoms with Gasteiger partial charge in [-0.15, -0.1) is 0 Å². The molecule has 0 N–H and O–H groups in total. The van der Waals surface area contributed by atoms with Gasteiger partial charge < -0.3 is 9.64 Å². The number of hydrogen-bond donors (Lipinski definition) is 0. The molecule has 5 heteroatoms. The zero-order valence-corrected chi connectivity index (χ0v) is 15.0. The molecule has 3 rings (SSSR count). The standard InChI is InChI=1S/C17H23BrN2O2/c1-17(2,3)22-16(21)20(10-11-4-5-11)15-7-14(15)12-6-13(18)9-19-8-12/h6,8-9,11,14-15H,4-5,7,10H2,1-3H3/t14?,15-/m0/s1. The van der Waals surface area contributed by atoms with Crippen LogP contribution in [0.25, 0.3) is 0 Å². The van der Waals surface area contributed by atoms with E-state index in [2.05, 4.69) is 27.0 Å². The quantitative estimate of drug-likeness (QED) is 0.795. The molecule has 2 aliphatic carbocycles. The van der Waals surface area contributed by atoms with E-state index in [4.69, 9.17) is 4.74 Å². The summed E-state index contributed by atoms with van der Waals surface area (Å²) >= 11 is 3.47. The number of aromatic nitrogens is 1. The molecule has 0 bridgehead atoms. The fourth-order valence-electron chi connectivity index (χ4n) is 2.76. The number of rotatable bonds is 4. The third-order valence-electron chi connectivity index (χ3n) is 4.09. The molecule has 1 aromatic heterocycles. The van der Waals surface area contributed by atoms with Gasteiger partial charge in [-0.1, -0.05) is 0 Å². The molecular weight excluding hydrogens is 344 g/mol. The lowest BCUT2D eigenvalue weighted by molar-refractivity contribution is 0.0220. The van der Waals surface area contributed by atoms with Gasteiger partial charge in [-0.05, 0) is 73.5 Å². The summed E-state index contributed by atoms with van der Waals surface area (Å²) in [6, 6.07) is 2.36. The lowest BCUT2D eigenvalue weighted by atomic mass is 10.2. The number of amides is 1. The number of carbonyl (C=O) groups is 1. The van der Waals surface area contributed by atoms with E-state index < -0.39 is 5.60 Å². The van der Waals surface area contributed by atoms with Crippen LogP contribution >= 0.6 is 15.9 Å². The van der Waals surface area contributed by atoms with Crippen molar-refractivity contribution < 1.29 is 9.53 Å². The van der Waals surface area contributed by atoms with Crippen molar-refractivity contribution in [2.45, 2.75) is 57.6 Å². The van der Waals surface area contributed by atoms with Crippen LogP contribution < -0.4 is 0 Å². The molecule has 2 fully saturated rings. The Labute approximate surface area is 140 Å². The Morgan fingerprint density at radius 1 is 1.41 bits per heavy atom. The van der Waals surface area contributed by atoms with Crippen LogP contribution in [0.3, 0.4) is 0 Å². The Morgan fingerprint density at radius 2 is 2.14 bits per heavy atom. The van der Waals surface area contributed by atoms with Crippen LogP contribution in [-0.4, -0.2) is 34.2 Å². The molecule has 2 saturated carbocycles. The Morgan fingerprint density at radius 3 is 2.73 bits per heavy atom. The summed E-state index contributed by atoms with van der Waals surface area (Å²) in [5.41, 5.74) is 0.754. The molecule has 1 amide bonds. The zero-order chi connectivity index (χ0) is 15.9. The highest BCUT2D eigenvalue weighted by Crippen LogP contribution is 2.46. The molecule has 4 nitrogen and oxygen atoms in total. The third-order valence-corrected chi connectivity index (χ3v) is 4.52. The van der Waals surface area contributed by atoms with Crippen molar-refractivity contribution in [1.82, 2.24) is 9.88 Å². The first-order chi connectivity index (χ1) is 10.3. The zero-order valence-electron chi connectivity index (χ0n) is 13.4. The first kappa shape index (κ1) is 15.8. The molecule has 2 atom stereocenters. The van der Waals surface area contributed by atoms with Crippen LogP contribution in [0.4, 0.5) is 4.79 Å². The van der Waals surface area contributed by atoms with Crippen LogP contribution in [0.15, 0.2) is 22.9 Å². The Bertz CT molecular complexity index is 566. The van der Waals surface area contributed by atoms with Gasteiger partial charge in [0, 0.05) is 35.4 Å². The maximum Gasteiger partial charge on any atom is 0.410 e. The van der Waals surface area contributed by atoms with Crippen LogP contribution in [0.1, 0.15) is 51.5 Å². The summed E-state index contributed by atoms with van der Waals surface area (Å²) in [5.74, 6) is 1.05. The molecule has 1 unspecified atom stereocenters. The number of nitrogens with zero attached hydrogens (tertiary/aromatic N) is 2. The molecule has 0 aliphatic heterocycles. The second-order valence-corrected chi connectivity index (χ2v) is 8.34. The fourth-order valence-corrected chi connectivity index (χ4v) is 3.14. The first-order valence-electron chi connectivity index (χ1n) is 7.93. The molecular formula is C17H23BrN2O2. The van der Waals surface area contributed by atoms with E-state index in [0.29, 0.717) is 11.8 Å². The number of carbonyl (C=O) groups excluding carboxylic acids is 1. The lowest BCUT2D eigenvalue weighted by Gasteiger charge is -2.28. The highest BCUT2D eigenvalue weighted by atomic mass is 79.9. The van der Waals surface area contributed by atoms with Gasteiger partial charge >= 0.3 is 6.09 Å². The predicted octanol–water partition coefficient (Wildman–Crippen LogP) is 4.35. The largest absolute Gasteiger partial charge is 0.444 e. The van der Waals surface area contributed by atoms with Gasteiger partial charge in [0.25, 0.3) is 0 Å². The molecule has 0 aromatic carbocycles. The molecule has 22 heavy (non-hydrogen) atoms. The molecule has 2 aliphatic rings. The minimum atomic E-state index is -0.444. The summed E-state index contributed by atoms with van der Waals surface area (Å²) in [6.07, 6.45) is 6.99. The van der Waals surface area contributed by atoms with Crippen molar-refractivity contribution in [1.29, 1.82) is 0 Å². The third kappa shape index (κ3) is 4.00. The topological polar surface area (TPSA) is 42.4 Å². The van der Waals surface area contributed by atoms with Crippen molar-refractivity contribution >= 4 is 22.0 Å². The minimum absolute atomic E-state index is 0.171. The molecule has 1 aromatic rings. The maximum atomic E-state index is 12.5. The van der Waals surface area contributed by atoms with E-state index in [0.717, 1.165) is 17.4 Å². The van der Waals surface area contributed by atoms with E-state index in [1.165, 1.54) is 18.4 Å². The number of hydrogen-bond acceptors (Lipinski definition) is 3. The van der Waals surface area contributed by atoms with E-state index in [9.17, 15) is 4.79 Å². The average molecular weight is 367 g/mol. The van der Waals surface area contributed by atoms with Crippen molar-refractivity contribution in [3.05, 3.63) is 28.5 Å². The van der Waals surface area contributed by atoms with Gasteiger partial charge in [0.1, 0.15) is 5.60 Å². The second-order valence-electron chi connectivity index (χ2n) is 7.42. The van der Waals surface area contributed by atoms with Crippen LogP contribution in [0.2, 0.25) is 0 Å². The fraction of sp³-hybridized carbons (Fsp3) is 0.647. The predicted molar refractivity (Wildman–Crippen MR) is 88.7 cm³/mol. The van der Waals surface area contributed by atoms with Crippen molar-refractivity contribution in [2.75, 3.05) is 6.54 Å². The molecule has 0 spiro atoms. The Balaban J connectivity index is 1.69. The van der Waals surface area contributed by atoms with Gasteiger partial charge in [-0.3, -0.25) is 4.98 Å². The van der Waals surface area contributed by atoms with Gasteiger partial charge in [0.15, 0.2) is 0 Å². The second kappa shape index (κ2) is 5.84. The first-order valence-corrected chi connectivity index (χ1v) is 8.73. The van der Waals surface area contributed by atoms with Gasteiger partial charge in [-0.2, -0.15) is 0 Å². The van der Waals surface area contributed by atoms with Crippen LogP contribution in [-0.2, 0) is 4.74 Å².